The van der Waals surface area contributed by atoms with Crippen LogP contribution in [0.3, 0.4) is 0 Å². The summed E-state index contributed by atoms with van der Waals surface area (Å²) in [5.41, 5.74) is 0.711. The molecule has 3 rings (SSSR count). The van der Waals surface area contributed by atoms with Gasteiger partial charge < -0.3 is 15.4 Å². The summed E-state index contributed by atoms with van der Waals surface area (Å²) in [6.45, 7) is 6.58. The molecule has 2 aromatic rings. The zero-order chi connectivity index (χ0) is 22.1. The highest BCUT2D eigenvalue weighted by atomic mass is 35.5. The molecule has 2 N–H and O–H groups in total. The molecular formula is C23H29ClN4O3. The molecule has 1 aliphatic rings. The summed E-state index contributed by atoms with van der Waals surface area (Å²) in [4.78, 5) is 28.5. The first-order valence-electron chi connectivity index (χ1n) is 10.6. The molecule has 0 aromatic heterocycles. The Morgan fingerprint density at radius 3 is 2.16 bits per heavy atom. The van der Waals surface area contributed by atoms with Gasteiger partial charge in [0.15, 0.2) is 0 Å². The van der Waals surface area contributed by atoms with Crippen molar-refractivity contribution in [3.8, 4) is 11.5 Å². The second-order valence-electron chi connectivity index (χ2n) is 7.51. The third-order valence-corrected chi connectivity index (χ3v) is 5.29. The summed E-state index contributed by atoms with van der Waals surface area (Å²) in [6.07, 6.45) is 0.936. The van der Waals surface area contributed by atoms with E-state index in [1.807, 2.05) is 19.1 Å². The van der Waals surface area contributed by atoms with Gasteiger partial charge in [0.1, 0.15) is 11.5 Å². The van der Waals surface area contributed by atoms with E-state index in [4.69, 9.17) is 16.3 Å². The lowest BCUT2D eigenvalue weighted by molar-refractivity contribution is -0.123. The summed E-state index contributed by atoms with van der Waals surface area (Å²) >= 11 is 6.11. The predicted octanol–water partition coefficient (Wildman–Crippen LogP) is 3.21. The molecule has 0 atom stereocenters. The maximum Gasteiger partial charge on any atom is 0.238 e. The zero-order valence-corrected chi connectivity index (χ0v) is 18.5. The number of carbonyl (C=O) groups excluding carboxylic acids is 2. The molecule has 1 fully saturated rings. The number of benzene rings is 2. The lowest BCUT2D eigenvalue weighted by Gasteiger charge is -2.33. The van der Waals surface area contributed by atoms with Crippen LogP contribution in [0.25, 0.3) is 0 Å². The summed E-state index contributed by atoms with van der Waals surface area (Å²) in [5.74, 6) is 1.23. The number of halogens is 1. The Morgan fingerprint density at radius 1 is 0.935 bits per heavy atom. The number of piperazine rings is 1. The van der Waals surface area contributed by atoms with Gasteiger partial charge in [-0.15, -0.1) is 0 Å². The average Bonchev–Trinajstić information content (AvgIpc) is 2.76. The lowest BCUT2D eigenvalue weighted by atomic mass is 10.2. The van der Waals surface area contributed by atoms with E-state index in [2.05, 4.69) is 20.4 Å². The highest BCUT2D eigenvalue weighted by Crippen LogP contribution is 2.29. The highest BCUT2D eigenvalue weighted by molar-refractivity contribution is 6.32. The largest absolute Gasteiger partial charge is 0.456 e. The molecule has 0 saturated carbocycles. The molecule has 0 aliphatic carbocycles. The zero-order valence-electron chi connectivity index (χ0n) is 17.8. The van der Waals surface area contributed by atoms with Crippen LogP contribution >= 0.6 is 11.6 Å². The predicted molar refractivity (Wildman–Crippen MR) is 123 cm³/mol. The van der Waals surface area contributed by atoms with Gasteiger partial charge in [-0.25, -0.2) is 0 Å². The lowest BCUT2D eigenvalue weighted by Crippen LogP contribution is -2.51. The van der Waals surface area contributed by atoms with Gasteiger partial charge in [-0.2, -0.15) is 0 Å². The Bertz CT molecular complexity index is 867. The van der Waals surface area contributed by atoms with Crippen molar-refractivity contribution in [3.05, 3.63) is 53.6 Å². The van der Waals surface area contributed by atoms with Crippen LogP contribution in [-0.4, -0.2) is 67.4 Å². The van der Waals surface area contributed by atoms with Gasteiger partial charge in [0, 0.05) is 38.4 Å². The maximum atomic E-state index is 12.4. The average molecular weight is 445 g/mol. The highest BCUT2D eigenvalue weighted by Gasteiger charge is 2.20. The van der Waals surface area contributed by atoms with Gasteiger partial charge >= 0.3 is 0 Å². The van der Waals surface area contributed by atoms with Gasteiger partial charge in [0.05, 0.1) is 18.1 Å². The smallest absolute Gasteiger partial charge is 0.238 e. The summed E-state index contributed by atoms with van der Waals surface area (Å²) in [6, 6.07) is 14.5. The molecule has 0 spiro atoms. The second-order valence-corrected chi connectivity index (χ2v) is 7.91. The van der Waals surface area contributed by atoms with E-state index in [9.17, 15) is 9.59 Å². The van der Waals surface area contributed by atoms with Gasteiger partial charge in [0.2, 0.25) is 11.8 Å². The fourth-order valence-corrected chi connectivity index (χ4v) is 3.47. The number of hydrogen-bond acceptors (Lipinski definition) is 5. The minimum Gasteiger partial charge on any atom is -0.456 e. The van der Waals surface area contributed by atoms with Gasteiger partial charge in [-0.1, -0.05) is 30.7 Å². The number of ether oxygens (including phenoxy) is 1. The standard InChI is InChI=1S/C23H29ClN4O3/c1-2-11-25-22(29)16-27-12-14-28(15-13-27)17-23(30)26-18-7-9-19(10-8-18)31-21-6-4-3-5-20(21)24/h3-10H,2,11-17H2,1H3,(H,25,29)(H,26,30). The van der Waals surface area contributed by atoms with Crippen molar-refractivity contribution < 1.29 is 14.3 Å². The molecule has 0 unspecified atom stereocenters. The molecule has 1 aliphatic heterocycles. The molecule has 0 radical (unpaired) electrons. The van der Waals surface area contributed by atoms with Gasteiger partial charge in [-0.3, -0.25) is 19.4 Å². The van der Waals surface area contributed by atoms with E-state index < -0.39 is 0 Å². The Hall–Kier alpha value is -2.61. The minimum atomic E-state index is -0.0612. The molecule has 8 heteroatoms. The van der Waals surface area contributed by atoms with Crippen LogP contribution in [0.2, 0.25) is 5.02 Å². The Kier molecular flexibility index (Phi) is 8.70. The van der Waals surface area contributed by atoms with Crippen LogP contribution in [-0.2, 0) is 9.59 Å². The Balaban J connectivity index is 1.40. The Labute approximate surface area is 188 Å². The van der Waals surface area contributed by atoms with Crippen molar-refractivity contribution in [1.29, 1.82) is 0 Å². The van der Waals surface area contributed by atoms with E-state index in [1.165, 1.54) is 0 Å². The van der Waals surface area contributed by atoms with E-state index in [0.717, 1.165) is 32.6 Å². The fourth-order valence-electron chi connectivity index (χ4n) is 3.29. The minimum absolute atomic E-state index is 0.0612. The fraction of sp³-hybridized carbons (Fsp3) is 0.391. The van der Waals surface area contributed by atoms with Crippen LogP contribution in [0.1, 0.15) is 13.3 Å². The quantitative estimate of drug-likeness (QED) is 0.621. The number of rotatable bonds is 9. The molecule has 31 heavy (non-hydrogen) atoms. The van der Waals surface area contributed by atoms with Crippen molar-refractivity contribution in [3.63, 3.8) is 0 Å². The van der Waals surface area contributed by atoms with Gasteiger partial charge in [0.25, 0.3) is 0 Å². The number of nitrogens with zero attached hydrogens (tertiary/aromatic N) is 2. The third-order valence-electron chi connectivity index (χ3n) is 4.97. The van der Waals surface area contributed by atoms with Crippen LogP contribution in [0.15, 0.2) is 48.5 Å². The van der Waals surface area contributed by atoms with E-state index in [1.54, 1.807) is 36.4 Å². The van der Waals surface area contributed by atoms with E-state index in [-0.39, 0.29) is 11.8 Å². The molecule has 2 aromatic carbocycles. The number of para-hydroxylation sites is 1. The topological polar surface area (TPSA) is 73.9 Å². The number of carbonyl (C=O) groups is 2. The third kappa shape index (κ3) is 7.54. The van der Waals surface area contributed by atoms with Crippen molar-refractivity contribution in [2.75, 3.05) is 51.1 Å². The van der Waals surface area contributed by atoms with Crippen molar-refractivity contribution in [2.45, 2.75) is 13.3 Å². The van der Waals surface area contributed by atoms with Crippen LogP contribution in [0, 0.1) is 0 Å². The maximum absolute atomic E-state index is 12.4. The first-order valence-corrected chi connectivity index (χ1v) is 10.9. The van der Waals surface area contributed by atoms with Crippen LogP contribution in [0.4, 0.5) is 5.69 Å². The van der Waals surface area contributed by atoms with E-state index >= 15 is 0 Å². The van der Waals surface area contributed by atoms with Crippen molar-refractivity contribution >= 4 is 29.1 Å². The Morgan fingerprint density at radius 2 is 1.55 bits per heavy atom. The number of hydrogen-bond donors (Lipinski definition) is 2. The number of amides is 2. The first kappa shape index (κ1) is 23.1. The van der Waals surface area contributed by atoms with Crippen LogP contribution < -0.4 is 15.4 Å². The number of anilines is 1. The van der Waals surface area contributed by atoms with Crippen LogP contribution in [0.5, 0.6) is 11.5 Å². The first-order chi connectivity index (χ1) is 15.0. The van der Waals surface area contributed by atoms with Crippen molar-refractivity contribution in [1.82, 2.24) is 15.1 Å². The van der Waals surface area contributed by atoms with E-state index in [0.29, 0.717) is 41.8 Å². The summed E-state index contributed by atoms with van der Waals surface area (Å²) in [5, 5.41) is 6.36. The summed E-state index contributed by atoms with van der Waals surface area (Å²) in [7, 11) is 0. The number of nitrogens with one attached hydrogen (secondary N) is 2. The molecular weight excluding hydrogens is 416 g/mol. The molecule has 1 saturated heterocycles. The van der Waals surface area contributed by atoms with Gasteiger partial charge in [-0.05, 0) is 42.8 Å². The molecule has 7 nitrogen and oxygen atoms in total. The molecule has 2 amide bonds. The molecule has 0 bridgehead atoms. The second kappa shape index (κ2) is 11.7. The summed E-state index contributed by atoms with van der Waals surface area (Å²) < 4.78 is 5.76. The molecule has 166 valence electrons. The molecule has 1 heterocycles. The monoisotopic (exact) mass is 444 g/mol. The normalized spacial score (nSPS) is 14.8. The SMILES string of the molecule is CCCNC(=O)CN1CCN(CC(=O)Nc2ccc(Oc3ccccc3Cl)cc2)CC1. The van der Waals surface area contributed by atoms with Crippen molar-refractivity contribution in [2.24, 2.45) is 0 Å².